The molecule has 3 aliphatic heterocycles. The number of likely N-dealkylation sites (tertiary alicyclic amines) is 1. The fourth-order valence-electron chi connectivity index (χ4n) is 11.7. The van der Waals surface area contributed by atoms with Gasteiger partial charge in [0, 0.05) is 77.9 Å². The van der Waals surface area contributed by atoms with Gasteiger partial charge in [0.15, 0.2) is 11.6 Å². The number of ether oxygens (including phenoxy) is 2. The fraction of sp³-hybridized carbons (Fsp3) is 0.435. The zero-order valence-corrected chi connectivity index (χ0v) is 49.8. The molecule has 19 nitrogen and oxygen atoms in total. The molecule has 4 aliphatic rings. The Balaban J connectivity index is 0.656. The van der Waals surface area contributed by atoms with Crippen molar-refractivity contribution in [2.45, 2.75) is 136 Å². The molecular weight excluding hydrogens is 1090 g/mol. The van der Waals surface area contributed by atoms with Gasteiger partial charge in [0.2, 0.25) is 17.7 Å². The molecule has 5 atom stereocenters. The highest BCUT2D eigenvalue weighted by Crippen LogP contribution is 2.41. The van der Waals surface area contributed by atoms with Gasteiger partial charge in [-0.25, -0.2) is 4.98 Å². The zero-order chi connectivity index (χ0) is 58.6. The second kappa shape index (κ2) is 23.1. The predicted octanol–water partition coefficient (Wildman–Crippen LogP) is 8.81. The number of hydrogen-bond acceptors (Lipinski definition) is 16. The van der Waals surface area contributed by atoms with E-state index in [4.69, 9.17) is 18.9 Å². The lowest BCUT2D eigenvalue weighted by molar-refractivity contribution is -0.142. The SMILES string of the molecule is COC(=O)C[C@@H]1N=C(c2ccc(N3CCC(C(=O)N[C@H]4C[C@H](Oc5ccc6oc(C(=O)NC(C(=O)N7C[C@H](O)C[C@H]7C(=O)N[C@@H](C)c7ccc(-c8scnc8C)cc7)C(C)(C)C)cc6c5)C4)CC3)cc2)c2c(sc(C)c2C)-n2c(C)nnc21. The molecule has 1 aliphatic carbocycles. The summed E-state index contributed by atoms with van der Waals surface area (Å²) in [5.74, 6) is 0.0789. The van der Waals surface area contributed by atoms with Crippen molar-refractivity contribution in [1.29, 1.82) is 0 Å². The fourth-order valence-corrected chi connectivity index (χ4v) is 13.7. The number of aliphatic hydroxyl groups excluding tert-OH is 1. The number of amides is 4. The molecule has 7 heterocycles. The topological polar surface area (TPSA) is 236 Å². The number of rotatable bonds is 15. The number of fused-ring (bicyclic) bond motifs is 4. The number of methoxy groups -OCH3 is 1. The van der Waals surface area contributed by atoms with Crippen LogP contribution in [0.4, 0.5) is 5.69 Å². The Morgan fingerprint density at radius 3 is 2.29 bits per heavy atom. The lowest BCUT2D eigenvalue weighted by atomic mass is 9.85. The third-order valence-corrected chi connectivity index (χ3v) is 18.9. The first-order valence-electron chi connectivity index (χ1n) is 28.3. The van der Waals surface area contributed by atoms with E-state index in [2.05, 4.69) is 74.1 Å². The number of anilines is 1. The van der Waals surface area contributed by atoms with Crippen molar-refractivity contribution >= 4 is 74.6 Å². The van der Waals surface area contributed by atoms with E-state index in [0.717, 1.165) is 86.5 Å². The molecule has 7 aromatic rings. The maximum absolute atomic E-state index is 14.4. The van der Waals surface area contributed by atoms with E-state index in [-0.39, 0.29) is 61.1 Å². The van der Waals surface area contributed by atoms with Crippen LogP contribution in [0.2, 0.25) is 0 Å². The summed E-state index contributed by atoms with van der Waals surface area (Å²) in [5.41, 5.74) is 9.32. The molecule has 0 bridgehead atoms. The van der Waals surface area contributed by atoms with Gasteiger partial charge in [0.25, 0.3) is 5.91 Å². The number of β-amino-alcohol motifs (C(OH)–C–C–N with tert-alkyl or cyclic N) is 1. The highest BCUT2D eigenvalue weighted by atomic mass is 32.1. The zero-order valence-electron chi connectivity index (χ0n) is 48.1. The van der Waals surface area contributed by atoms with E-state index in [1.807, 2.05) is 82.0 Å². The van der Waals surface area contributed by atoms with Crippen molar-refractivity contribution in [3.63, 3.8) is 0 Å². The number of furan rings is 1. The minimum atomic E-state index is -1.06. The number of carbonyl (C=O) groups excluding carboxylic acids is 5. The number of aromatic nitrogens is 4. The maximum atomic E-state index is 14.4. The number of esters is 1. The van der Waals surface area contributed by atoms with Crippen LogP contribution in [0.1, 0.15) is 133 Å². The first-order chi connectivity index (χ1) is 39.7. The molecule has 4 N–H and O–H groups in total. The van der Waals surface area contributed by atoms with Crippen LogP contribution in [-0.2, 0) is 23.9 Å². The van der Waals surface area contributed by atoms with Gasteiger partial charge in [-0.3, -0.25) is 33.5 Å². The van der Waals surface area contributed by atoms with Crippen LogP contribution in [-0.4, -0.2) is 122 Å². The molecule has 4 amide bonds. The largest absolute Gasteiger partial charge is 0.490 e. The number of aryl methyl sites for hydroxylation is 3. The summed E-state index contributed by atoms with van der Waals surface area (Å²) in [7, 11) is 1.38. The third-order valence-electron chi connectivity index (χ3n) is 16.7. The smallest absolute Gasteiger partial charge is 0.308 e. The number of thiophene rings is 1. The van der Waals surface area contributed by atoms with Crippen LogP contribution in [0, 0.1) is 39.0 Å². The molecule has 11 rings (SSSR count). The Morgan fingerprint density at radius 2 is 1.60 bits per heavy atom. The Labute approximate surface area is 489 Å². The van der Waals surface area contributed by atoms with Gasteiger partial charge in [-0.15, -0.1) is 32.9 Å². The quantitative estimate of drug-likeness (QED) is 0.0704. The number of nitrogens with zero attached hydrogens (tertiary/aromatic N) is 7. The van der Waals surface area contributed by atoms with Crippen molar-refractivity contribution in [2.24, 2.45) is 16.3 Å². The summed E-state index contributed by atoms with van der Waals surface area (Å²) < 4.78 is 19.4. The number of nitrogens with one attached hydrogen (secondary N) is 3. The Hall–Kier alpha value is -7.75. The summed E-state index contributed by atoms with van der Waals surface area (Å²) in [6.45, 7) is 16.9. The average molecular weight is 1160 g/mol. The molecule has 0 spiro atoms. The maximum Gasteiger partial charge on any atom is 0.308 e. The molecule has 2 saturated heterocycles. The summed E-state index contributed by atoms with van der Waals surface area (Å²) in [6, 6.07) is 20.3. The minimum absolute atomic E-state index is 0.000850. The molecule has 3 fully saturated rings. The van der Waals surface area contributed by atoms with E-state index in [0.29, 0.717) is 35.4 Å². The van der Waals surface area contributed by atoms with Crippen molar-refractivity contribution in [3.05, 3.63) is 129 Å². The minimum Gasteiger partial charge on any atom is -0.490 e. The highest BCUT2D eigenvalue weighted by molar-refractivity contribution is 7.15. The monoisotopic (exact) mass is 1160 g/mol. The Bertz CT molecular complexity index is 3640. The van der Waals surface area contributed by atoms with Crippen molar-refractivity contribution in [1.82, 2.24) is 40.6 Å². The molecular formula is C62H70N10O9S2. The van der Waals surface area contributed by atoms with Crippen LogP contribution >= 0.6 is 22.7 Å². The summed E-state index contributed by atoms with van der Waals surface area (Å²) >= 11 is 3.24. The van der Waals surface area contributed by atoms with Gasteiger partial charge in [0.1, 0.15) is 46.4 Å². The van der Waals surface area contributed by atoms with Crippen LogP contribution in [0.5, 0.6) is 5.75 Å². The van der Waals surface area contributed by atoms with Crippen molar-refractivity contribution in [3.8, 4) is 21.2 Å². The van der Waals surface area contributed by atoms with Gasteiger partial charge < -0.3 is 44.7 Å². The summed E-state index contributed by atoms with van der Waals surface area (Å²) in [4.78, 5) is 83.8. The Morgan fingerprint density at radius 1 is 0.880 bits per heavy atom. The normalized spacial score (nSPS) is 20.6. The number of aliphatic hydroxyl groups is 1. The van der Waals surface area contributed by atoms with Gasteiger partial charge in [-0.2, -0.15) is 0 Å². The highest BCUT2D eigenvalue weighted by Gasteiger charge is 2.45. The third kappa shape index (κ3) is 11.7. The van der Waals surface area contributed by atoms with E-state index in [1.165, 1.54) is 16.9 Å². The van der Waals surface area contributed by atoms with Gasteiger partial charge in [0.05, 0.1) is 47.5 Å². The number of benzene rings is 3. The van der Waals surface area contributed by atoms with Crippen LogP contribution in [0.15, 0.2) is 87.7 Å². The molecule has 434 valence electrons. The number of aliphatic imine (C=N–C) groups is 1. The average Bonchev–Trinajstić information content (AvgIpc) is 2.23. The number of carbonyl (C=O) groups is 5. The number of thiazole rings is 1. The van der Waals surface area contributed by atoms with Crippen LogP contribution in [0.3, 0.4) is 0 Å². The number of hydrogen-bond donors (Lipinski definition) is 4. The molecule has 83 heavy (non-hydrogen) atoms. The molecule has 1 saturated carbocycles. The first-order valence-corrected chi connectivity index (χ1v) is 30.0. The first kappa shape index (κ1) is 57.1. The van der Waals surface area contributed by atoms with Gasteiger partial charge >= 0.3 is 5.97 Å². The second-order valence-corrected chi connectivity index (χ2v) is 25.6. The van der Waals surface area contributed by atoms with E-state index in [1.54, 1.807) is 40.9 Å². The Kier molecular flexibility index (Phi) is 15.9. The summed E-state index contributed by atoms with van der Waals surface area (Å²) in [5, 5.41) is 30.5. The lowest BCUT2D eigenvalue weighted by Crippen LogP contribution is -2.57. The molecule has 4 aromatic heterocycles. The van der Waals surface area contributed by atoms with Crippen molar-refractivity contribution < 1.29 is 43.0 Å². The van der Waals surface area contributed by atoms with Crippen molar-refractivity contribution in [2.75, 3.05) is 31.6 Å². The lowest BCUT2D eigenvalue weighted by Gasteiger charge is -2.38. The van der Waals surface area contributed by atoms with Crippen LogP contribution < -0.4 is 25.6 Å². The standard InChI is InChI=1S/C62H70N10O9S2/c1-32-35(4)83-61-52(32)53(66-47(29-51(74)79-9)56-69-68-36(5)72(56)61)38-14-16-43(17-15-38)70-22-20-40(21-23-70)57(75)65-42-26-46(27-42)80-45-18-19-49-41(24-45)25-50(81-49)59(77)67-55(62(6,7)8)60(78)71-30-44(73)28-48(71)58(76)64-33(2)37-10-12-39(13-11-37)54-34(3)63-31-82-54/h10-19,24-25,31,33,40,42,44,46-48,55,73H,20-23,26-30H2,1-9H3,(H,64,76)(H,65,75)(H,67,77)/t33-,42-,44+,46-,47-,48-,55?/m0/s1. The van der Waals surface area contributed by atoms with E-state index >= 15 is 0 Å². The van der Waals surface area contributed by atoms with E-state index in [9.17, 15) is 29.1 Å². The van der Waals surface area contributed by atoms with Gasteiger partial charge in [-0.1, -0.05) is 57.2 Å². The van der Waals surface area contributed by atoms with Crippen LogP contribution in [0.25, 0.3) is 26.4 Å². The molecule has 3 aromatic carbocycles. The summed E-state index contributed by atoms with van der Waals surface area (Å²) in [6.07, 6.45) is 1.85. The van der Waals surface area contributed by atoms with E-state index < -0.39 is 47.4 Å². The molecule has 21 heteroatoms. The number of piperidine rings is 1. The molecule has 1 unspecified atom stereocenters. The second-order valence-electron chi connectivity index (χ2n) is 23.5. The van der Waals surface area contributed by atoms with Gasteiger partial charge in [-0.05, 0) is 106 Å². The molecule has 0 radical (unpaired) electrons. The predicted molar refractivity (Wildman–Crippen MR) is 317 cm³/mol.